The molecule has 1 aromatic heterocycles. The summed E-state index contributed by atoms with van der Waals surface area (Å²) >= 11 is 0. The Morgan fingerprint density at radius 2 is 1.94 bits per heavy atom. The summed E-state index contributed by atoms with van der Waals surface area (Å²) in [6.45, 7) is 2.56. The predicted octanol–water partition coefficient (Wildman–Crippen LogP) is 2.69. The number of likely N-dealkylation sites (tertiary alicyclic amines) is 1. The second kappa shape index (κ2) is 10.3. The molecule has 0 unspecified atom stereocenters. The Kier molecular flexibility index (Phi) is 7.06. The van der Waals surface area contributed by atoms with Crippen molar-refractivity contribution in [1.29, 1.82) is 0 Å². The van der Waals surface area contributed by atoms with Crippen LogP contribution in [-0.4, -0.2) is 40.2 Å². The van der Waals surface area contributed by atoms with E-state index in [1.54, 1.807) is 18.0 Å². The molecule has 0 spiro atoms. The highest BCUT2D eigenvalue weighted by atomic mass is 16.2. The van der Waals surface area contributed by atoms with Crippen LogP contribution in [0.3, 0.4) is 0 Å². The third-order valence-electron chi connectivity index (χ3n) is 6.17. The molecule has 34 heavy (non-hydrogen) atoms. The number of anilines is 1. The van der Waals surface area contributed by atoms with Crippen molar-refractivity contribution in [1.82, 2.24) is 20.5 Å². The normalized spacial score (nSPS) is 16.3. The van der Waals surface area contributed by atoms with Gasteiger partial charge in [0.15, 0.2) is 0 Å². The quantitative estimate of drug-likeness (QED) is 0.502. The van der Waals surface area contributed by atoms with Gasteiger partial charge in [0.25, 0.3) is 0 Å². The highest BCUT2D eigenvalue weighted by Gasteiger charge is 2.38. The van der Waals surface area contributed by atoms with Gasteiger partial charge >= 0.3 is 0 Å². The number of hydrogen-bond donors (Lipinski definition) is 3. The number of rotatable bonds is 7. The van der Waals surface area contributed by atoms with Gasteiger partial charge in [-0.05, 0) is 41.5 Å². The minimum Gasteiger partial charge on any atom is -0.383 e. The van der Waals surface area contributed by atoms with Gasteiger partial charge in [-0.2, -0.15) is 0 Å². The van der Waals surface area contributed by atoms with Gasteiger partial charge in [0.2, 0.25) is 17.7 Å². The average Bonchev–Trinajstić information content (AvgIpc) is 3.36. The van der Waals surface area contributed by atoms with Crippen LogP contribution in [0.25, 0.3) is 10.8 Å². The van der Waals surface area contributed by atoms with Crippen molar-refractivity contribution in [2.24, 2.45) is 0 Å². The third kappa shape index (κ3) is 5.01. The Morgan fingerprint density at radius 3 is 2.71 bits per heavy atom. The topological polar surface area (TPSA) is 117 Å². The second-order valence-electron chi connectivity index (χ2n) is 8.42. The van der Waals surface area contributed by atoms with E-state index in [0.29, 0.717) is 30.9 Å². The van der Waals surface area contributed by atoms with E-state index in [1.165, 1.54) is 0 Å². The number of fused-ring (bicyclic) bond motifs is 1. The maximum absolute atomic E-state index is 13.5. The molecule has 8 nitrogen and oxygen atoms in total. The molecule has 0 aliphatic carbocycles. The monoisotopic (exact) mass is 459 g/mol. The molecule has 8 heteroatoms. The maximum atomic E-state index is 13.5. The lowest BCUT2D eigenvalue weighted by Gasteiger charge is -2.29. The Balaban J connectivity index is 1.46. The number of pyridine rings is 1. The molecule has 1 saturated heterocycles. The van der Waals surface area contributed by atoms with Gasteiger partial charge < -0.3 is 21.3 Å². The highest BCUT2D eigenvalue weighted by molar-refractivity contribution is 5.93. The Morgan fingerprint density at radius 1 is 1.15 bits per heavy atom. The maximum Gasteiger partial charge on any atom is 0.250 e. The summed E-state index contributed by atoms with van der Waals surface area (Å²) in [6.07, 6.45) is 3.24. The lowest BCUT2D eigenvalue weighted by Crippen LogP contribution is -2.50. The predicted molar refractivity (Wildman–Crippen MR) is 130 cm³/mol. The molecule has 176 valence electrons. The van der Waals surface area contributed by atoms with E-state index in [0.717, 1.165) is 22.8 Å². The van der Waals surface area contributed by atoms with Crippen LogP contribution in [0.1, 0.15) is 43.4 Å². The minimum atomic E-state index is -0.818. The smallest absolute Gasteiger partial charge is 0.250 e. The zero-order valence-corrected chi connectivity index (χ0v) is 19.2. The largest absolute Gasteiger partial charge is 0.383 e. The minimum absolute atomic E-state index is 0.200. The molecule has 0 saturated carbocycles. The van der Waals surface area contributed by atoms with Crippen LogP contribution < -0.4 is 16.4 Å². The number of aromatic nitrogens is 1. The van der Waals surface area contributed by atoms with Crippen LogP contribution in [0.4, 0.5) is 5.82 Å². The van der Waals surface area contributed by atoms with Crippen LogP contribution in [0.2, 0.25) is 0 Å². The molecule has 0 radical (unpaired) electrons. The first kappa shape index (κ1) is 23.2. The highest BCUT2D eigenvalue weighted by Crippen LogP contribution is 2.25. The van der Waals surface area contributed by atoms with Crippen LogP contribution in [0.15, 0.2) is 60.8 Å². The number of benzene rings is 2. The fraction of sp³-hybridized carbons (Fsp3) is 0.308. The standard InChI is InChI=1S/C26H29N5O3/c1-2-22(32)30-23(18-7-4-3-5-8-18)26(34)31-14-6-9-21(31)25(33)29-16-17-10-11-20-19(15-17)12-13-28-24(20)27/h3-5,7-8,10-13,15,21,23H,2,6,9,14,16H2,1H3,(H2,27,28)(H,29,33)(H,30,32)/t21-,23+/m0/s1. The molecule has 1 aliphatic heterocycles. The molecule has 1 aliphatic rings. The summed E-state index contributed by atoms with van der Waals surface area (Å²) in [6, 6.07) is 15.4. The van der Waals surface area contributed by atoms with Gasteiger partial charge in [0.1, 0.15) is 17.9 Å². The lowest BCUT2D eigenvalue weighted by molar-refractivity contribution is -0.141. The zero-order chi connectivity index (χ0) is 24.1. The number of carbonyl (C=O) groups excluding carboxylic acids is 3. The molecular weight excluding hydrogens is 430 g/mol. The van der Waals surface area contributed by atoms with Crippen LogP contribution >= 0.6 is 0 Å². The molecule has 4 N–H and O–H groups in total. The van der Waals surface area contributed by atoms with Gasteiger partial charge in [-0.1, -0.05) is 49.4 Å². The number of nitrogen functional groups attached to an aromatic ring is 1. The number of hydrogen-bond acceptors (Lipinski definition) is 5. The van der Waals surface area contributed by atoms with Gasteiger partial charge in [0, 0.05) is 31.1 Å². The first-order chi connectivity index (χ1) is 16.5. The molecule has 4 rings (SSSR count). The number of nitrogens with two attached hydrogens (primary N) is 1. The molecule has 2 atom stereocenters. The number of amides is 3. The molecule has 3 amide bonds. The van der Waals surface area contributed by atoms with Crippen LogP contribution in [0, 0.1) is 0 Å². The van der Waals surface area contributed by atoms with E-state index in [-0.39, 0.29) is 24.1 Å². The third-order valence-corrected chi connectivity index (χ3v) is 6.17. The van der Waals surface area contributed by atoms with E-state index in [1.807, 2.05) is 54.6 Å². The van der Waals surface area contributed by atoms with Crippen molar-refractivity contribution >= 4 is 34.3 Å². The van der Waals surface area contributed by atoms with Gasteiger partial charge in [-0.25, -0.2) is 4.98 Å². The molecular formula is C26H29N5O3. The summed E-state index contributed by atoms with van der Waals surface area (Å²) in [5, 5.41) is 7.61. The summed E-state index contributed by atoms with van der Waals surface area (Å²) in [5.74, 6) is -0.209. The van der Waals surface area contributed by atoms with E-state index < -0.39 is 12.1 Å². The van der Waals surface area contributed by atoms with E-state index >= 15 is 0 Å². The van der Waals surface area contributed by atoms with Gasteiger partial charge in [-0.15, -0.1) is 0 Å². The average molecular weight is 460 g/mol. The SMILES string of the molecule is CCC(=O)N[C@@H](C(=O)N1CCC[C@H]1C(=O)NCc1ccc2c(N)nccc2c1)c1ccccc1. The number of nitrogens with one attached hydrogen (secondary N) is 2. The van der Waals surface area contributed by atoms with Crippen molar-refractivity contribution in [3.8, 4) is 0 Å². The lowest BCUT2D eigenvalue weighted by atomic mass is 10.0. The molecule has 2 heterocycles. The van der Waals surface area contributed by atoms with Crippen molar-refractivity contribution in [3.05, 3.63) is 71.9 Å². The fourth-order valence-electron chi connectivity index (χ4n) is 4.33. The second-order valence-corrected chi connectivity index (χ2v) is 8.42. The zero-order valence-electron chi connectivity index (χ0n) is 19.2. The molecule has 2 aromatic carbocycles. The summed E-state index contributed by atoms with van der Waals surface area (Å²) < 4.78 is 0. The van der Waals surface area contributed by atoms with Crippen molar-refractivity contribution in [3.63, 3.8) is 0 Å². The Bertz CT molecular complexity index is 1200. The van der Waals surface area contributed by atoms with Crippen molar-refractivity contribution in [2.45, 2.75) is 44.8 Å². The van der Waals surface area contributed by atoms with Crippen LogP contribution in [0.5, 0.6) is 0 Å². The molecule has 3 aromatic rings. The molecule has 0 bridgehead atoms. The van der Waals surface area contributed by atoms with Crippen LogP contribution in [-0.2, 0) is 20.9 Å². The Hall–Kier alpha value is -3.94. The van der Waals surface area contributed by atoms with E-state index in [9.17, 15) is 14.4 Å². The van der Waals surface area contributed by atoms with E-state index in [2.05, 4.69) is 15.6 Å². The van der Waals surface area contributed by atoms with Crippen molar-refractivity contribution < 1.29 is 14.4 Å². The molecule has 1 fully saturated rings. The Labute approximate surface area is 198 Å². The van der Waals surface area contributed by atoms with E-state index in [4.69, 9.17) is 5.73 Å². The number of nitrogens with zero attached hydrogens (tertiary/aromatic N) is 2. The fourth-order valence-corrected chi connectivity index (χ4v) is 4.33. The summed E-state index contributed by atoms with van der Waals surface area (Å²) in [7, 11) is 0. The summed E-state index contributed by atoms with van der Waals surface area (Å²) in [4.78, 5) is 44.4. The van der Waals surface area contributed by atoms with Crippen molar-refractivity contribution in [2.75, 3.05) is 12.3 Å². The number of carbonyl (C=O) groups is 3. The van der Waals surface area contributed by atoms with Gasteiger partial charge in [0.05, 0.1) is 0 Å². The first-order valence-electron chi connectivity index (χ1n) is 11.5. The van der Waals surface area contributed by atoms with Gasteiger partial charge in [-0.3, -0.25) is 14.4 Å². The first-order valence-corrected chi connectivity index (χ1v) is 11.5. The summed E-state index contributed by atoms with van der Waals surface area (Å²) in [5.41, 5.74) is 7.55.